The minimum Gasteiger partial charge on any atom is -0.303 e. The Kier molecular flexibility index (Phi) is 2.74. The summed E-state index contributed by atoms with van der Waals surface area (Å²) in [7, 11) is 0. The van der Waals surface area contributed by atoms with Crippen molar-refractivity contribution in [1.29, 1.82) is 0 Å². The topological polar surface area (TPSA) is 15.3 Å². The van der Waals surface area contributed by atoms with Crippen LogP contribution in [0.3, 0.4) is 0 Å². The van der Waals surface area contributed by atoms with Gasteiger partial charge in [0.2, 0.25) is 0 Å². The second-order valence-corrected chi connectivity index (χ2v) is 2.30. The van der Waals surface area contributed by atoms with Gasteiger partial charge in [-0.25, -0.2) is 0 Å². The molecule has 0 aromatic heterocycles. The fraction of sp³-hybridized carbons (Fsp3) is 0.714. The number of nitrogens with one attached hydrogen (secondary N) is 1. The molecule has 0 atom stereocenters. The van der Waals surface area contributed by atoms with Crippen LogP contribution in [0.25, 0.3) is 0 Å². The Bertz CT molecular complexity index is 93.1. The van der Waals surface area contributed by atoms with Gasteiger partial charge in [0, 0.05) is 26.3 Å². The molecule has 0 aromatic rings. The van der Waals surface area contributed by atoms with Crippen LogP contribution in [0.1, 0.15) is 6.92 Å². The van der Waals surface area contributed by atoms with E-state index in [1.54, 1.807) is 0 Å². The first kappa shape index (κ1) is 6.78. The van der Waals surface area contributed by atoms with Crippen LogP contribution in [0.15, 0.2) is 12.2 Å². The molecular formula is C7H14N2. The highest BCUT2D eigenvalue weighted by molar-refractivity contribution is 4.82. The fourth-order valence-electron chi connectivity index (χ4n) is 0.964. The smallest absolute Gasteiger partial charge is 0.0484 e. The van der Waals surface area contributed by atoms with Gasteiger partial charge in [0.1, 0.15) is 0 Å². The molecule has 1 aliphatic rings. The molecule has 0 saturated carbocycles. The summed E-state index contributed by atoms with van der Waals surface area (Å²) in [6, 6.07) is 0. The number of allylic oxidation sites excluding steroid dienone is 1. The van der Waals surface area contributed by atoms with E-state index in [1.807, 2.05) is 0 Å². The summed E-state index contributed by atoms with van der Waals surface area (Å²) < 4.78 is 0. The summed E-state index contributed by atoms with van der Waals surface area (Å²) in [5, 5.41) is 3.27. The second-order valence-electron chi connectivity index (χ2n) is 2.30. The molecule has 0 amide bonds. The van der Waals surface area contributed by atoms with Gasteiger partial charge in [0.15, 0.2) is 0 Å². The van der Waals surface area contributed by atoms with Crippen LogP contribution in [0.2, 0.25) is 0 Å². The van der Waals surface area contributed by atoms with Crippen molar-refractivity contribution in [2.75, 3.05) is 26.3 Å². The Balaban J connectivity index is 2.11. The van der Waals surface area contributed by atoms with Crippen LogP contribution >= 0.6 is 0 Å². The second kappa shape index (κ2) is 3.64. The van der Waals surface area contributed by atoms with Crippen molar-refractivity contribution in [2.45, 2.75) is 6.92 Å². The molecule has 0 unspecified atom stereocenters. The third-order valence-electron chi connectivity index (χ3n) is 1.54. The Hall–Kier alpha value is -0.340. The van der Waals surface area contributed by atoms with Crippen molar-refractivity contribution in [2.24, 2.45) is 0 Å². The molecule has 0 spiro atoms. The van der Waals surface area contributed by atoms with Gasteiger partial charge in [-0.1, -0.05) is 12.2 Å². The van der Waals surface area contributed by atoms with Gasteiger partial charge in [-0.05, 0) is 6.92 Å². The van der Waals surface area contributed by atoms with E-state index in [2.05, 4.69) is 29.3 Å². The van der Waals surface area contributed by atoms with Gasteiger partial charge >= 0.3 is 0 Å². The molecule has 1 N–H and O–H groups in total. The molecule has 1 aliphatic heterocycles. The largest absolute Gasteiger partial charge is 0.303 e. The molecule has 2 heteroatoms. The van der Waals surface area contributed by atoms with Crippen molar-refractivity contribution in [1.82, 2.24) is 10.2 Å². The SMILES string of the molecule is C/C=C/CN1CCNC1. The van der Waals surface area contributed by atoms with Crippen LogP contribution < -0.4 is 5.32 Å². The molecule has 1 saturated heterocycles. The maximum atomic E-state index is 3.27. The van der Waals surface area contributed by atoms with Crippen molar-refractivity contribution in [3.63, 3.8) is 0 Å². The molecule has 9 heavy (non-hydrogen) atoms. The minimum absolute atomic E-state index is 1.06. The number of rotatable bonds is 2. The first-order valence-electron chi connectivity index (χ1n) is 3.47. The van der Waals surface area contributed by atoms with Crippen molar-refractivity contribution in [3.8, 4) is 0 Å². The lowest BCUT2D eigenvalue weighted by Crippen LogP contribution is -2.21. The average molecular weight is 126 g/mol. The van der Waals surface area contributed by atoms with E-state index < -0.39 is 0 Å². The van der Waals surface area contributed by atoms with Crippen molar-refractivity contribution in [3.05, 3.63) is 12.2 Å². The van der Waals surface area contributed by atoms with E-state index in [1.165, 1.54) is 6.54 Å². The van der Waals surface area contributed by atoms with Crippen LogP contribution in [0.5, 0.6) is 0 Å². The van der Waals surface area contributed by atoms with E-state index in [0.29, 0.717) is 0 Å². The van der Waals surface area contributed by atoms with E-state index >= 15 is 0 Å². The average Bonchev–Trinajstić information content (AvgIpc) is 2.34. The van der Waals surface area contributed by atoms with E-state index in [-0.39, 0.29) is 0 Å². The van der Waals surface area contributed by atoms with Gasteiger partial charge < -0.3 is 5.32 Å². The number of nitrogens with zero attached hydrogens (tertiary/aromatic N) is 1. The van der Waals surface area contributed by atoms with Crippen molar-refractivity contribution < 1.29 is 0 Å². The van der Waals surface area contributed by atoms with Crippen LogP contribution in [0, 0.1) is 0 Å². The molecule has 0 aromatic carbocycles. The van der Waals surface area contributed by atoms with Gasteiger partial charge in [-0.3, -0.25) is 4.90 Å². The summed E-state index contributed by atoms with van der Waals surface area (Å²) >= 11 is 0. The molecule has 52 valence electrons. The molecule has 0 bridgehead atoms. The molecule has 1 heterocycles. The monoisotopic (exact) mass is 126 g/mol. The first-order chi connectivity index (χ1) is 4.43. The van der Waals surface area contributed by atoms with Gasteiger partial charge in [0.25, 0.3) is 0 Å². The summed E-state index contributed by atoms with van der Waals surface area (Å²) in [4.78, 5) is 2.38. The Morgan fingerprint density at radius 1 is 1.67 bits per heavy atom. The van der Waals surface area contributed by atoms with E-state index in [4.69, 9.17) is 0 Å². The number of hydrogen-bond donors (Lipinski definition) is 1. The fourth-order valence-corrected chi connectivity index (χ4v) is 0.964. The number of hydrogen-bond acceptors (Lipinski definition) is 2. The lowest BCUT2D eigenvalue weighted by atomic mass is 10.5. The normalized spacial score (nSPS) is 21.9. The highest BCUT2D eigenvalue weighted by Gasteiger charge is 2.06. The van der Waals surface area contributed by atoms with E-state index in [9.17, 15) is 0 Å². The zero-order chi connectivity index (χ0) is 6.53. The molecule has 0 radical (unpaired) electrons. The van der Waals surface area contributed by atoms with Gasteiger partial charge in [-0.15, -0.1) is 0 Å². The summed E-state index contributed by atoms with van der Waals surface area (Å²) in [6.45, 7) is 6.57. The summed E-state index contributed by atoms with van der Waals surface area (Å²) in [5.41, 5.74) is 0. The third kappa shape index (κ3) is 2.16. The molecule has 1 fully saturated rings. The quantitative estimate of drug-likeness (QED) is 0.540. The van der Waals surface area contributed by atoms with Crippen LogP contribution in [-0.4, -0.2) is 31.2 Å². The maximum Gasteiger partial charge on any atom is 0.0484 e. The molecule has 1 rings (SSSR count). The Morgan fingerprint density at radius 3 is 3.11 bits per heavy atom. The van der Waals surface area contributed by atoms with Gasteiger partial charge in [0.05, 0.1) is 0 Å². The Labute approximate surface area is 56.5 Å². The predicted octanol–water partition coefficient (Wildman–Crippen LogP) is 0.425. The van der Waals surface area contributed by atoms with Crippen molar-refractivity contribution >= 4 is 0 Å². The summed E-state index contributed by atoms with van der Waals surface area (Å²) in [5.74, 6) is 0. The molecule has 0 aliphatic carbocycles. The van der Waals surface area contributed by atoms with Gasteiger partial charge in [-0.2, -0.15) is 0 Å². The highest BCUT2D eigenvalue weighted by atomic mass is 15.3. The van der Waals surface area contributed by atoms with Crippen LogP contribution in [-0.2, 0) is 0 Å². The van der Waals surface area contributed by atoms with E-state index in [0.717, 1.165) is 19.8 Å². The zero-order valence-corrected chi connectivity index (χ0v) is 5.93. The minimum atomic E-state index is 1.06. The lowest BCUT2D eigenvalue weighted by molar-refractivity contribution is 0.372. The lowest BCUT2D eigenvalue weighted by Gasteiger charge is -2.08. The highest BCUT2D eigenvalue weighted by Crippen LogP contribution is 1.91. The maximum absolute atomic E-state index is 3.27. The van der Waals surface area contributed by atoms with Crippen LogP contribution in [0.4, 0.5) is 0 Å². The summed E-state index contributed by atoms with van der Waals surface area (Å²) in [6.07, 6.45) is 4.28. The standard InChI is InChI=1S/C7H14N2/c1-2-3-5-9-6-4-8-7-9/h2-3,8H,4-7H2,1H3/b3-2+. The zero-order valence-electron chi connectivity index (χ0n) is 5.93. The molecule has 2 nitrogen and oxygen atoms in total. The first-order valence-corrected chi connectivity index (χ1v) is 3.47. The molecular weight excluding hydrogens is 112 g/mol. The Morgan fingerprint density at radius 2 is 2.56 bits per heavy atom. The third-order valence-corrected chi connectivity index (χ3v) is 1.54. The predicted molar refractivity (Wildman–Crippen MR) is 39.3 cm³/mol.